The van der Waals surface area contributed by atoms with E-state index in [0.717, 1.165) is 24.7 Å². The number of aliphatic hydroxyl groups is 1. The molecule has 12 nitrogen and oxygen atoms in total. The lowest BCUT2D eigenvalue weighted by molar-refractivity contribution is -0.136. The highest BCUT2D eigenvalue weighted by Crippen LogP contribution is 2.38. The van der Waals surface area contributed by atoms with Gasteiger partial charge in [-0.15, -0.1) is 0 Å². The zero-order chi connectivity index (χ0) is 40.8. The fourth-order valence-corrected chi connectivity index (χ4v) is 7.23. The minimum atomic E-state index is -4.70. The Morgan fingerprint density at radius 1 is 0.655 bits per heavy atom. The second-order valence-corrected chi connectivity index (χ2v) is 14.1. The molecule has 0 bridgehead atoms. The Balaban J connectivity index is 0.000000183. The van der Waals surface area contributed by atoms with Crippen molar-refractivity contribution in [2.24, 2.45) is 0 Å². The maximum absolute atomic E-state index is 13.8. The molecule has 0 saturated carbocycles. The Labute approximate surface area is 330 Å². The number of hydrogen-bond donors (Lipinski definition) is 5. The quantitative estimate of drug-likeness (QED) is 0.121. The summed E-state index contributed by atoms with van der Waals surface area (Å²) >= 11 is 0. The molecule has 2 amide bonds. The fourth-order valence-electron chi connectivity index (χ4n) is 7.23. The van der Waals surface area contributed by atoms with Crippen LogP contribution in [0.15, 0.2) is 113 Å². The molecule has 2 aromatic heterocycles. The first-order valence-corrected chi connectivity index (χ1v) is 19.0. The second-order valence-electron chi connectivity index (χ2n) is 14.1. The van der Waals surface area contributed by atoms with E-state index in [9.17, 15) is 32.3 Å². The average Bonchev–Trinajstić information content (AvgIpc) is 3.77. The summed E-state index contributed by atoms with van der Waals surface area (Å²) in [6, 6.07) is 25.3. The molecule has 15 heteroatoms. The van der Waals surface area contributed by atoms with Gasteiger partial charge in [0, 0.05) is 97.1 Å². The molecule has 0 unspecified atom stereocenters. The fraction of sp³-hybridized carbons (Fsp3) is 0.256. The van der Waals surface area contributed by atoms with E-state index < -0.39 is 34.7 Å². The lowest BCUT2D eigenvalue weighted by Gasteiger charge is -2.36. The van der Waals surface area contributed by atoms with Gasteiger partial charge in [0.25, 0.3) is 11.8 Å². The van der Waals surface area contributed by atoms with Crippen molar-refractivity contribution in [3.05, 3.63) is 141 Å². The van der Waals surface area contributed by atoms with Crippen LogP contribution in [0, 0.1) is 0 Å². The predicted molar refractivity (Wildman–Crippen MR) is 220 cm³/mol. The third kappa shape index (κ3) is 8.90. The number of hydrogen-bond acceptors (Lipinski definition) is 8. The summed E-state index contributed by atoms with van der Waals surface area (Å²) in [5.41, 5.74) is 1.11. The number of carbonyl (C=O) groups is 2. The first kappa shape index (κ1) is 39.8. The van der Waals surface area contributed by atoms with Crippen LogP contribution in [0.3, 0.4) is 0 Å². The van der Waals surface area contributed by atoms with Crippen LogP contribution in [0.25, 0.3) is 21.8 Å². The van der Waals surface area contributed by atoms with Crippen molar-refractivity contribution in [1.82, 2.24) is 14.9 Å². The molecule has 0 spiro atoms. The summed E-state index contributed by atoms with van der Waals surface area (Å²) in [5, 5.41) is 14.9. The smallest absolute Gasteiger partial charge is 0.395 e. The summed E-state index contributed by atoms with van der Waals surface area (Å²) in [6.07, 6.45) is 0.422. The Morgan fingerprint density at radius 2 is 1.17 bits per heavy atom. The Bertz CT molecular complexity index is 2540. The molecule has 2 aliphatic heterocycles. The number of benzene rings is 4. The number of nitrogens with one attached hydrogen (secondary N) is 4. The van der Waals surface area contributed by atoms with Crippen molar-refractivity contribution in [1.29, 1.82) is 0 Å². The minimum Gasteiger partial charge on any atom is -0.395 e. The van der Waals surface area contributed by atoms with E-state index in [1.54, 1.807) is 36.4 Å². The number of para-hydroxylation sites is 2. The zero-order valence-electron chi connectivity index (χ0n) is 31.4. The Morgan fingerprint density at radius 3 is 1.72 bits per heavy atom. The first-order chi connectivity index (χ1) is 28.0. The van der Waals surface area contributed by atoms with Crippen molar-refractivity contribution in [2.45, 2.75) is 19.0 Å². The number of rotatable bonds is 8. The third-order valence-electron chi connectivity index (χ3n) is 10.4. The highest BCUT2D eigenvalue weighted by Gasteiger charge is 2.35. The van der Waals surface area contributed by atoms with Crippen molar-refractivity contribution < 1.29 is 27.9 Å². The topological polar surface area (TPSA) is 154 Å². The summed E-state index contributed by atoms with van der Waals surface area (Å²) in [5.74, 6) is -1.32. The van der Waals surface area contributed by atoms with Crippen molar-refractivity contribution in [3.8, 4) is 0 Å². The molecule has 58 heavy (non-hydrogen) atoms. The van der Waals surface area contributed by atoms with E-state index in [4.69, 9.17) is 5.11 Å². The molecule has 0 atom stereocenters. The number of fused-ring (bicyclic) bond motifs is 2. The average molecular weight is 794 g/mol. The van der Waals surface area contributed by atoms with Gasteiger partial charge in [0.05, 0.1) is 17.9 Å². The van der Waals surface area contributed by atoms with Crippen LogP contribution < -0.4 is 31.3 Å². The number of H-pyrrole nitrogens is 2. The van der Waals surface area contributed by atoms with Gasteiger partial charge in [0.1, 0.15) is 11.1 Å². The summed E-state index contributed by atoms with van der Waals surface area (Å²) in [4.78, 5) is 62.4. The monoisotopic (exact) mass is 793 g/mol. The lowest BCUT2D eigenvalue weighted by Crippen LogP contribution is -2.47. The van der Waals surface area contributed by atoms with Gasteiger partial charge < -0.3 is 35.5 Å². The maximum Gasteiger partial charge on any atom is 0.418 e. The Hall–Kier alpha value is -6.45. The number of aromatic nitrogens is 2. The van der Waals surface area contributed by atoms with Crippen LogP contribution in [0.1, 0.15) is 39.1 Å². The molecule has 300 valence electrons. The standard InChI is InChI=1S/C23H23F3N4O3.C20H19N3O2/c24-23(25,26)18-13-15(30-9-7-29(8-10-30)11-12-31)5-6-20(18)28-22(33)17-14-27-19-4-2-1-3-16(19)21(17)32;24-19-16-5-1-2-6-18(16)21-13-17(19)20(25)22-14-7-9-15(10-8-14)23-11-3-4-12-23/h1-6,13-14,31H,7-12H2,(H,27,32)(H,28,33);1-2,5-10,13H,3-4,11-12H2,(H,21,24)(H,22,25). The highest BCUT2D eigenvalue weighted by atomic mass is 19.4. The molecule has 2 aliphatic rings. The molecule has 8 rings (SSSR count). The SMILES string of the molecule is O=C(Nc1ccc(N2CCCC2)cc1)c1c[nH]c2ccccc2c1=O.O=C(Nc1ccc(N2CCN(CCO)CC2)cc1C(F)(F)F)c1c[nH]c2ccccc2c1=O. The maximum atomic E-state index is 13.8. The van der Waals surface area contributed by atoms with Crippen LogP contribution in [0.2, 0.25) is 0 Å². The van der Waals surface area contributed by atoms with Gasteiger partial charge in [0.15, 0.2) is 0 Å². The number of aromatic amines is 2. The van der Waals surface area contributed by atoms with Crippen molar-refractivity contribution in [3.63, 3.8) is 0 Å². The number of alkyl halides is 3. The van der Waals surface area contributed by atoms with Crippen LogP contribution in [0.4, 0.5) is 35.9 Å². The molecule has 6 aromatic rings. The largest absolute Gasteiger partial charge is 0.418 e. The van der Waals surface area contributed by atoms with Crippen LogP contribution in [0.5, 0.6) is 0 Å². The van der Waals surface area contributed by atoms with E-state index in [2.05, 4.69) is 25.5 Å². The molecule has 2 fully saturated rings. The van der Waals surface area contributed by atoms with Gasteiger partial charge >= 0.3 is 6.18 Å². The van der Waals surface area contributed by atoms with E-state index in [0.29, 0.717) is 55.0 Å². The number of nitrogens with zero attached hydrogens (tertiary/aromatic N) is 3. The molecule has 2 saturated heterocycles. The molecular weight excluding hydrogens is 752 g/mol. The van der Waals surface area contributed by atoms with Gasteiger partial charge in [-0.2, -0.15) is 13.2 Å². The van der Waals surface area contributed by atoms with Crippen molar-refractivity contribution >= 4 is 56.4 Å². The zero-order valence-corrected chi connectivity index (χ0v) is 31.4. The predicted octanol–water partition coefficient (Wildman–Crippen LogP) is 6.29. The van der Waals surface area contributed by atoms with E-state index in [1.165, 1.54) is 43.1 Å². The molecule has 4 aromatic carbocycles. The normalized spacial score (nSPS) is 14.6. The second kappa shape index (κ2) is 17.4. The number of β-amino-alcohol motifs (C(OH)–C–C–N with tert-alkyl or cyclic N) is 1. The van der Waals surface area contributed by atoms with E-state index in [1.807, 2.05) is 46.2 Å². The highest BCUT2D eigenvalue weighted by molar-refractivity contribution is 6.06. The molecule has 0 aliphatic carbocycles. The first-order valence-electron chi connectivity index (χ1n) is 19.0. The summed E-state index contributed by atoms with van der Waals surface area (Å²) in [7, 11) is 0. The number of aliphatic hydroxyl groups excluding tert-OH is 1. The number of piperazine rings is 1. The number of anilines is 4. The number of amides is 2. The van der Waals surface area contributed by atoms with Gasteiger partial charge in [-0.3, -0.25) is 24.1 Å². The number of pyridine rings is 2. The van der Waals surface area contributed by atoms with Gasteiger partial charge in [0.2, 0.25) is 10.9 Å². The summed E-state index contributed by atoms with van der Waals surface area (Å²) < 4.78 is 41.5. The molecule has 5 N–H and O–H groups in total. The summed E-state index contributed by atoms with van der Waals surface area (Å²) in [6.45, 7) is 5.03. The van der Waals surface area contributed by atoms with E-state index in [-0.39, 0.29) is 28.5 Å². The van der Waals surface area contributed by atoms with Crippen molar-refractivity contribution in [2.75, 3.05) is 72.9 Å². The van der Waals surface area contributed by atoms with Gasteiger partial charge in [-0.25, -0.2) is 0 Å². The van der Waals surface area contributed by atoms with Gasteiger partial charge in [-0.1, -0.05) is 24.3 Å². The molecular formula is C43H42F3N7O5. The number of carbonyl (C=O) groups excluding carboxylic acids is 2. The molecule has 0 radical (unpaired) electrons. The van der Waals surface area contributed by atoms with Crippen LogP contribution >= 0.6 is 0 Å². The van der Waals surface area contributed by atoms with Gasteiger partial charge in [-0.05, 0) is 79.6 Å². The van der Waals surface area contributed by atoms with E-state index >= 15 is 0 Å². The van der Waals surface area contributed by atoms with Crippen LogP contribution in [-0.4, -0.2) is 84.2 Å². The lowest BCUT2D eigenvalue weighted by atomic mass is 10.1. The molecule has 4 heterocycles. The van der Waals surface area contributed by atoms with Crippen LogP contribution in [-0.2, 0) is 6.18 Å². The number of halogens is 3. The Kier molecular flexibility index (Phi) is 11.9. The third-order valence-corrected chi connectivity index (χ3v) is 10.4. The minimum absolute atomic E-state index is 0.0344.